The van der Waals surface area contributed by atoms with Crippen LogP contribution >= 0.6 is 23.8 Å². The van der Waals surface area contributed by atoms with E-state index in [-0.39, 0.29) is 0 Å². The molecule has 0 saturated heterocycles. The molecule has 18 heavy (non-hydrogen) atoms. The molecular formula is C11H5ClFN3OS. The van der Waals surface area contributed by atoms with Crippen molar-refractivity contribution in [3.63, 3.8) is 0 Å². The number of nitrogens with zero attached hydrogens (tertiary/aromatic N) is 3. The smallest absolute Gasteiger partial charge is 0.266 e. The largest absolute Gasteiger partial charge is 0.293 e. The second kappa shape index (κ2) is 5.18. The van der Waals surface area contributed by atoms with Gasteiger partial charge in [0.2, 0.25) is 0 Å². The van der Waals surface area contributed by atoms with Gasteiger partial charge in [-0.25, -0.2) is 4.39 Å². The third-order valence-electron chi connectivity index (χ3n) is 2.13. The summed E-state index contributed by atoms with van der Waals surface area (Å²) in [6, 6.07) is 6.51. The number of benzene rings is 1. The number of halogens is 2. The van der Waals surface area contributed by atoms with Gasteiger partial charge in [0.15, 0.2) is 5.82 Å². The van der Waals surface area contributed by atoms with Crippen LogP contribution in [0.3, 0.4) is 0 Å². The maximum atomic E-state index is 13.0. The molecule has 0 aliphatic rings. The highest BCUT2D eigenvalue weighted by molar-refractivity contribution is 7.78. The molecule has 0 atom stereocenters. The molecule has 1 aromatic heterocycles. The number of hydrogen-bond donors (Lipinski definition) is 0. The highest BCUT2D eigenvalue weighted by Gasteiger charge is 2.10. The van der Waals surface area contributed by atoms with Gasteiger partial charge < -0.3 is 0 Å². The molecule has 0 fully saturated rings. The van der Waals surface area contributed by atoms with E-state index < -0.39 is 16.4 Å². The number of thiocarbonyl (C=S) groups is 1. The average Bonchev–Trinajstić information content (AvgIpc) is 2.37. The van der Waals surface area contributed by atoms with Gasteiger partial charge in [0.1, 0.15) is 5.02 Å². The molecule has 0 spiro atoms. The Morgan fingerprint density at radius 2 is 2.28 bits per heavy atom. The van der Waals surface area contributed by atoms with Gasteiger partial charge in [0.25, 0.3) is 5.56 Å². The molecule has 2 rings (SSSR count). The van der Waals surface area contributed by atoms with Gasteiger partial charge in [-0.3, -0.25) is 4.79 Å². The van der Waals surface area contributed by atoms with Crippen molar-refractivity contribution in [2.75, 3.05) is 0 Å². The van der Waals surface area contributed by atoms with Crippen LogP contribution in [0.1, 0.15) is 0 Å². The minimum absolute atomic E-state index is 0.411. The lowest BCUT2D eigenvalue weighted by Crippen LogP contribution is -2.22. The van der Waals surface area contributed by atoms with Crippen molar-refractivity contribution < 1.29 is 4.39 Å². The van der Waals surface area contributed by atoms with Crippen molar-refractivity contribution in [3.05, 3.63) is 51.7 Å². The Morgan fingerprint density at radius 1 is 1.50 bits per heavy atom. The van der Waals surface area contributed by atoms with Crippen LogP contribution in [0.25, 0.3) is 5.69 Å². The first kappa shape index (κ1) is 12.6. The van der Waals surface area contributed by atoms with Gasteiger partial charge in [-0.1, -0.05) is 17.7 Å². The zero-order valence-corrected chi connectivity index (χ0v) is 10.4. The Labute approximate surface area is 111 Å². The van der Waals surface area contributed by atoms with E-state index in [9.17, 15) is 9.18 Å². The van der Waals surface area contributed by atoms with E-state index in [0.29, 0.717) is 11.4 Å². The number of aromatic nitrogens is 2. The van der Waals surface area contributed by atoms with E-state index in [0.717, 1.165) is 10.9 Å². The van der Waals surface area contributed by atoms with Gasteiger partial charge in [0, 0.05) is 0 Å². The zero-order valence-electron chi connectivity index (χ0n) is 8.80. The van der Waals surface area contributed by atoms with Crippen LogP contribution in [0.15, 0.2) is 40.2 Å². The lowest BCUT2D eigenvalue weighted by atomic mass is 10.3. The van der Waals surface area contributed by atoms with Crippen molar-refractivity contribution in [3.8, 4) is 5.69 Å². The summed E-state index contributed by atoms with van der Waals surface area (Å²) in [5, 5.41) is 5.37. The van der Waals surface area contributed by atoms with Crippen LogP contribution in [0.2, 0.25) is 5.02 Å². The third kappa shape index (κ3) is 2.36. The van der Waals surface area contributed by atoms with Gasteiger partial charge in [-0.2, -0.15) is 14.8 Å². The summed E-state index contributed by atoms with van der Waals surface area (Å²) in [7, 11) is 0. The number of aliphatic imine (C=N–C) groups is 1. The van der Waals surface area contributed by atoms with Gasteiger partial charge in [-0.15, -0.1) is 0 Å². The van der Waals surface area contributed by atoms with Crippen LogP contribution in [-0.4, -0.2) is 14.9 Å². The Balaban J connectivity index is 2.62. The molecule has 1 aromatic carbocycles. The highest BCUT2D eigenvalue weighted by atomic mass is 35.5. The molecule has 0 N–H and O–H groups in total. The van der Waals surface area contributed by atoms with Crippen molar-refractivity contribution in [2.45, 2.75) is 0 Å². The van der Waals surface area contributed by atoms with E-state index in [4.69, 9.17) is 11.6 Å². The van der Waals surface area contributed by atoms with Crippen molar-refractivity contribution >= 4 is 34.7 Å². The quantitative estimate of drug-likeness (QED) is 0.628. The second-order valence-corrected chi connectivity index (χ2v) is 3.81. The normalized spacial score (nSPS) is 9.89. The van der Waals surface area contributed by atoms with Gasteiger partial charge >= 0.3 is 0 Å². The van der Waals surface area contributed by atoms with Crippen LogP contribution in [0.4, 0.5) is 10.1 Å². The van der Waals surface area contributed by atoms with E-state index in [1.54, 1.807) is 24.3 Å². The maximum absolute atomic E-state index is 13.0. The molecule has 0 unspecified atom stereocenters. The molecule has 0 bridgehead atoms. The third-order valence-corrected chi connectivity index (χ3v) is 2.56. The molecule has 0 saturated carbocycles. The molecule has 0 aliphatic heterocycles. The SMILES string of the molecule is O=c1c(Cl)c(F)cnn1-c1cccc(N=C=S)c1. The number of hydrogen-bond acceptors (Lipinski definition) is 4. The summed E-state index contributed by atoms with van der Waals surface area (Å²) in [6.07, 6.45) is 0.874. The van der Waals surface area contributed by atoms with E-state index in [1.165, 1.54) is 0 Å². The predicted molar refractivity (Wildman–Crippen MR) is 69.5 cm³/mol. The lowest BCUT2D eigenvalue weighted by molar-refractivity contribution is 0.601. The first-order valence-electron chi connectivity index (χ1n) is 4.75. The lowest BCUT2D eigenvalue weighted by Gasteiger charge is -2.05. The predicted octanol–water partition coefficient (Wildman–Crippen LogP) is 2.76. The van der Waals surface area contributed by atoms with Crippen LogP contribution in [0.5, 0.6) is 0 Å². The maximum Gasteiger partial charge on any atom is 0.293 e. The Kier molecular flexibility index (Phi) is 3.62. The summed E-state index contributed by atoms with van der Waals surface area (Å²) in [6.45, 7) is 0. The molecule has 2 aromatic rings. The molecule has 0 aliphatic carbocycles. The summed E-state index contributed by atoms with van der Waals surface area (Å²) in [4.78, 5) is 15.5. The summed E-state index contributed by atoms with van der Waals surface area (Å²) in [5.74, 6) is -0.856. The summed E-state index contributed by atoms with van der Waals surface area (Å²) in [5.41, 5.74) is 0.185. The minimum Gasteiger partial charge on any atom is -0.266 e. The van der Waals surface area contributed by atoms with Crippen LogP contribution < -0.4 is 5.56 Å². The van der Waals surface area contributed by atoms with Crippen LogP contribution in [0, 0.1) is 5.82 Å². The molecule has 90 valence electrons. The fourth-order valence-electron chi connectivity index (χ4n) is 1.34. The number of isothiocyanates is 1. The zero-order chi connectivity index (χ0) is 13.1. The molecule has 1 heterocycles. The summed E-state index contributed by atoms with van der Waals surface area (Å²) < 4.78 is 14.0. The monoisotopic (exact) mass is 281 g/mol. The standard InChI is InChI=1S/C11H5ClFN3OS/c12-10-9(13)5-15-16(11(10)17)8-3-1-2-7(4-8)14-6-18/h1-5H. The van der Waals surface area contributed by atoms with Crippen molar-refractivity contribution in [2.24, 2.45) is 4.99 Å². The number of rotatable bonds is 2. The minimum atomic E-state index is -0.856. The molecule has 7 heteroatoms. The molecule has 4 nitrogen and oxygen atoms in total. The fraction of sp³-hybridized carbons (Fsp3) is 0. The van der Waals surface area contributed by atoms with Crippen molar-refractivity contribution in [1.82, 2.24) is 9.78 Å². The van der Waals surface area contributed by atoms with Crippen LogP contribution in [-0.2, 0) is 0 Å². The van der Waals surface area contributed by atoms with E-state index >= 15 is 0 Å². The highest BCUT2D eigenvalue weighted by Crippen LogP contribution is 2.16. The first-order chi connectivity index (χ1) is 8.63. The average molecular weight is 282 g/mol. The van der Waals surface area contributed by atoms with Gasteiger partial charge in [0.05, 0.1) is 22.7 Å². The van der Waals surface area contributed by atoms with Gasteiger partial charge in [-0.05, 0) is 30.4 Å². The molecule has 0 amide bonds. The topological polar surface area (TPSA) is 47.2 Å². The Hall–Kier alpha value is -1.88. The first-order valence-corrected chi connectivity index (χ1v) is 5.54. The van der Waals surface area contributed by atoms with Crippen molar-refractivity contribution in [1.29, 1.82) is 0 Å². The van der Waals surface area contributed by atoms with E-state index in [2.05, 4.69) is 27.5 Å². The summed E-state index contributed by atoms with van der Waals surface area (Å²) >= 11 is 10.0. The Bertz CT molecular complexity index is 710. The fourth-order valence-corrected chi connectivity index (χ4v) is 1.58. The van der Waals surface area contributed by atoms with E-state index in [1.807, 2.05) is 0 Å². The second-order valence-electron chi connectivity index (χ2n) is 3.25. The molecular weight excluding hydrogens is 277 g/mol. The Morgan fingerprint density at radius 3 is 3.00 bits per heavy atom. The molecule has 0 radical (unpaired) electrons.